The number of carbonyl (C=O) groups is 2. The highest BCUT2D eigenvalue weighted by molar-refractivity contribution is 8.00. The predicted molar refractivity (Wildman–Crippen MR) is 129 cm³/mol. The molecule has 0 saturated heterocycles. The highest BCUT2D eigenvalue weighted by atomic mass is 32.2. The molecule has 0 fully saturated rings. The number of benzene rings is 1. The standard InChI is InChI=1S/C20H28N4O5S3/c1-12(2)11-29-16-8-13(3)6-7-14(16)22-17(25)9-18(26)24-20-23-15(19(30-4)31-20)10-21-32(5,27)28/h6-8,12,21H,9-11H2,1-5H3,(H,22,25)(H,23,24,26). The molecule has 2 rings (SSSR count). The summed E-state index contributed by atoms with van der Waals surface area (Å²) in [6.07, 6.45) is 2.49. The average Bonchev–Trinajstić information content (AvgIpc) is 3.07. The van der Waals surface area contributed by atoms with Gasteiger partial charge in [0.1, 0.15) is 12.2 Å². The van der Waals surface area contributed by atoms with Gasteiger partial charge in [-0.05, 0) is 36.8 Å². The topological polar surface area (TPSA) is 126 Å². The molecule has 2 aromatic rings. The van der Waals surface area contributed by atoms with Crippen LogP contribution in [0.25, 0.3) is 0 Å². The van der Waals surface area contributed by atoms with Gasteiger partial charge in [0.2, 0.25) is 21.8 Å². The first kappa shape index (κ1) is 26.1. The van der Waals surface area contributed by atoms with Gasteiger partial charge in [0.05, 0.1) is 35.0 Å². The van der Waals surface area contributed by atoms with Crippen molar-refractivity contribution in [2.24, 2.45) is 5.92 Å². The molecule has 2 amide bonds. The maximum atomic E-state index is 12.4. The smallest absolute Gasteiger partial charge is 0.235 e. The monoisotopic (exact) mass is 500 g/mol. The number of rotatable bonds is 11. The molecule has 176 valence electrons. The second-order valence-electron chi connectivity index (χ2n) is 7.53. The maximum Gasteiger partial charge on any atom is 0.235 e. The molecule has 0 aliphatic heterocycles. The van der Waals surface area contributed by atoms with Gasteiger partial charge in [-0.25, -0.2) is 18.1 Å². The number of carbonyl (C=O) groups excluding carboxylic acids is 2. The van der Waals surface area contributed by atoms with Crippen LogP contribution in [0.1, 0.15) is 31.5 Å². The molecule has 9 nitrogen and oxygen atoms in total. The number of hydrogen-bond donors (Lipinski definition) is 3. The van der Waals surface area contributed by atoms with Gasteiger partial charge in [-0.2, -0.15) is 0 Å². The van der Waals surface area contributed by atoms with Crippen LogP contribution < -0.4 is 20.1 Å². The summed E-state index contributed by atoms with van der Waals surface area (Å²) in [6.45, 7) is 6.52. The van der Waals surface area contributed by atoms with E-state index < -0.39 is 28.3 Å². The van der Waals surface area contributed by atoms with Crippen molar-refractivity contribution < 1.29 is 22.7 Å². The summed E-state index contributed by atoms with van der Waals surface area (Å²) in [5.74, 6) is -0.128. The van der Waals surface area contributed by atoms with Crippen molar-refractivity contribution in [1.29, 1.82) is 0 Å². The van der Waals surface area contributed by atoms with Gasteiger partial charge in [-0.1, -0.05) is 31.3 Å². The van der Waals surface area contributed by atoms with Crippen LogP contribution in [0.4, 0.5) is 10.8 Å². The third-order valence-electron chi connectivity index (χ3n) is 3.90. The van der Waals surface area contributed by atoms with E-state index in [0.717, 1.165) is 16.0 Å². The van der Waals surface area contributed by atoms with Gasteiger partial charge in [0, 0.05) is 0 Å². The number of anilines is 2. The van der Waals surface area contributed by atoms with Gasteiger partial charge < -0.3 is 15.4 Å². The number of amides is 2. The van der Waals surface area contributed by atoms with E-state index >= 15 is 0 Å². The van der Waals surface area contributed by atoms with Gasteiger partial charge in [0.15, 0.2) is 5.13 Å². The summed E-state index contributed by atoms with van der Waals surface area (Å²) in [5.41, 5.74) is 2.01. The van der Waals surface area contributed by atoms with Crippen molar-refractivity contribution in [3.8, 4) is 5.75 Å². The number of thioether (sulfide) groups is 1. The van der Waals surface area contributed by atoms with E-state index in [1.807, 2.05) is 39.2 Å². The first-order chi connectivity index (χ1) is 15.0. The zero-order valence-electron chi connectivity index (χ0n) is 18.6. The van der Waals surface area contributed by atoms with Crippen molar-refractivity contribution >= 4 is 55.8 Å². The van der Waals surface area contributed by atoms with Crippen LogP contribution in [-0.2, 0) is 26.2 Å². The van der Waals surface area contributed by atoms with Crippen LogP contribution in [0.5, 0.6) is 5.75 Å². The molecule has 1 aromatic heterocycles. The summed E-state index contributed by atoms with van der Waals surface area (Å²) in [4.78, 5) is 29.0. The molecule has 0 bridgehead atoms. The molecule has 0 atom stereocenters. The molecule has 12 heteroatoms. The Kier molecular flexibility index (Phi) is 9.49. The maximum absolute atomic E-state index is 12.4. The SMILES string of the molecule is CSc1sc(NC(=O)CC(=O)Nc2ccc(C)cc2OCC(C)C)nc1CNS(C)(=O)=O. The molecule has 0 aliphatic rings. The number of hydrogen-bond acceptors (Lipinski definition) is 8. The van der Waals surface area contributed by atoms with Crippen LogP contribution in [-0.4, -0.2) is 44.3 Å². The Labute approximate surface area is 196 Å². The first-order valence-corrected chi connectivity index (χ1v) is 13.7. The van der Waals surface area contributed by atoms with Gasteiger partial charge >= 0.3 is 0 Å². The molecule has 0 unspecified atom stereocenters. The second-order valence-corrected chi connectivity index (χ2v) is 11.4. The number of aromatic nitrogens is 1. The molecule has 1 aromatic carbocycles. The van der Waals surface area contributed by atoms with Crippen LogP contribution >= 0.6 is 23.1 Å². The lowest BCUT2D eigenvalue weighted by atomic mass is 10.2. The zero-order chi connectivity index (χ0) is 23.9. The lowest BCUT2D eigenvalue weighted by Crippen LogP contribution is -2.22. The molecule has 32 heavy (non-hydrogen) atoms. The van der Waals surface area contributed by atoms with E-state index in [2.05, 4.69) is 20.3 Å². The molecular weight excluding hydrogens is 472 g/mol. The highest BCUT2D eigenvalue weighted by Crippen LogP contribution is 2.31. The summed E-state index contributed by atoms with van der Waals surface area (Å²) in [5, 5.41) is 5.62. The summed E-state index contributed by atoms with van der Waals surface area (Å²) in [7, 11) is -3.37. The first-order valence-electron chi connectivity index (χ1n) is 9.78. The van der Waals surface area contributed by atoms with Crippen LogP contribution in [0, 0.1) is 12.8 Å². The molecule has 0 spiro atoms. The second kappa shape index (κ2) is 11.6. The number of ether oxygens (including phenoxy) is 1. The highest BCUT2D eigenvalue weighted by Gasteiger charge is 2.17. The fraction of sp³-hybridized carbons (Fsp3) is 0.450. The van der Waals surface area contributed by atoms with E-state index in [-0.39, 0.29) is 6.54 Å². The Balaban J connectivity index is 1.99. The summed E-state index contributed by atoms with van der Waals surface area (Å²) >= 11 is 2.61. The Bertz CT molecular complexity index is 1070. The summed E-state index contributed by atoms with van der Waals surface area (Å²) < 4.78 is 31.6. The van der Waals surface area contributed by atoms with Crippen molar-refractivity contribution in [3.63, 3.8) is 0 Å². The largest absolute Gasteiger partial charge is 0.491 e. The Hall–Kier alpha value is -2.15. The number of nitrogens with zero attached hydrogens (tertiary/aromatic N) is 1. The predicted octanol–water partition coefficient (Wildman–Crippen LogP) is 3.22. The lowest BCUT2D eigenvalue weighted by molar-refractivity contribution is -0.123. The Morgan fingerprint density at radius 3 is 2.53 bits per heavy atom. The normalized spacial score (nSPS) is 11.4. The Morgan fingerprint density at radius 1 is 1.22 bits per heavy atom. The fourth-order valence-electron chi connectivity index (χ4n) is 2.47. The third-order valence-corrected chi connectivity index (χ3v) is 6.73. The number of thiazole rings is 1. The quantitative estimate of drug-likeness (QED) is 0.319. The van der Waals surface area contributed by atoms with Crippen LogP contribution in [0.15, 0.2) is 22.4 Å². The van der Waals surface area contributed by atoms with Crippen molar-refractivity contribution in [2.45, 2.75) is 37.9 Å². The van der Waals surface area contributed by atoms with Gasteiger partial charge in [-0.15, -0.1) is 11.8 Å². The lowest BCUT2D eigenvalue weighted by Gasteiger charge is -2.14. The van der Waals surface area contributed by atoms with Gasteiger partial charge in [0.25, 0.3) is 0 Å². The average molecular weight is 501 g/mol. The van der Waals surface area contributed by atoms with Crippen LogP contribution in [0.2, 0.25) is 0 Å². The minimum Gasteiger partial charge on any atom is -0.491 e. The van der Waals surface area contributed by atoms with Crippen LogP contribution in [0.3, 0.4) is 0 Å². The third kappa shape index (κ3) is 8.77. The van der Waals surface area contributed by atoms with Crippen molar-refractivity contribution in [1.82, 2.24) is 9.71 Å². The van der Waals surface area contributed by atoms with E-state index in [1.165, 1.54) is 23.1 Å². The van der Waals surface area contributed by atoms with E-state index in [9.17, 15) is 18.0 Å². The Morgan fingerprint density at radius 2 is 1.91 bits per heavy atom. The fourth-order valence-corrected chi connectivity index (χ4v) is 4.53. The minimum absolute atomic E-state index is 0.0223. The van der Waals surface area contributed by atoms with Crippen molar-refractivity contribution in [3.05, 3.63) is 29.5 Å². The number of nitrogens with one attached hydrogen (secondary N) is 3. The van der Waals surface area contributed by atoms with Gasteiger partial charge in [-0.3, -0.25) is 9.59 Å². The number of sulfonamides is 1. The molecule has 1 heterocycles. The van der Waals surface area contributed by atoms with E-state index in [1.54, 1.807) is 6.07 Å². The zero-order valence-corrected chi connectivity index (χ0v) is 21.1. The minimum atomic E-state index is -3.37. The molecule has 3 N–H and O–H groups in total. The summed E-state index contributed by atoms with van der Waals surface area (Å²) in [6, 6.07) is 5.43. The van der Waals surface area contributed by atoms with E-state index in [0.29, 0.717) is 34.8 Å². The van der Waals surface area contributed by atoms with Crippen molar-refractivity contribution in [2.75, 3.05) is 29.8 Å². The molecule has 0 saturated carbocycles. The molecular formula is C20H28N4O5S3. The molecule has 0 radical (unpaired) electrons. The molecule has 0 aliphatic carbocycles. The number of aryl methyl sites for hydroxylation is 1. The van der Waals surface area contributed by atoms with E-state index in [4.69, 9.17) is 4.74 Å².